The molecule has 3 rings (SSSR count). The van der Waals surface area contributed by atoms with Crippen LogP contribution >= 0.6 is 0 Å². The fourth-order valence-electron chi connectivity index (χ4n) is 3.35. The maximum Gasteiger partial charge on any atom is 0.313 e. The first kappa shape index (κ1) is 17.2. The fourth-order valence-corrected chi connectivity index (χ4v) is 3.35. The molecule has 0 radical (unpaired) electrons. The Kier molecular flexibility index (Phi) is 5.46. The number of ether oxygens (including phenoxy) is 1. The zero-order valence-corrected chi connectivity index (χ0v) is 14.1. The second-order valence-corrected chi connectivity index (χ2v) is 6.32. The van der Waals surface area contributed by atoms with Crippen LogP contribution < -0.4 is 5.73 Å². The number of rotatable bonds is 6. The van der Waals surface area contributed by atoms with Crippen LogP contribution in [0.2, 0.25) is 0 Å². The predicted molar refractivity (Wildman–Crippen MR) is 97.3 cm³/mol. The molecule has 5 nitrogen and oxygen atoms in total. The topological polar surface area (TPSA) is 79.4 Å². The highest BCUT2D eigenvalue weighted by molar-refractivity contribution is 5.94. The number of esters is 1. The van der Waals surface area contributed by atoms with Crippen molar-refractivity contribution in [2.45, 2.75) is 25.0 Å². The molecule has 1 saturated heterocycles. The molecule has 0 saturated carbocycles. The van der Waals surface area contributed by atoms with Gasteiger partial charge in [-0.05, 0) is 17.5 Å². The van der Waals surface area contributed by atoms with Gasteiger partial charge in [-0.25, -0.2) is 0 Å². The minimum Gasteiger partial charge on any atom is -0.461 e. The number of nitrogens with two attached hydrogens (primary N) is 1. The van der Waals surface area contributed by atoms with Crippen molar-refractivity contribution in [2.75, 3.05) is 13.1 Å². The first-order valence-electron chi connectivity index (χ1n) is 8.50. The molecule has 5 heteroatoms. The molecule has 1 heterocycles. The number of carbonyl (C=O) groups is 1. The molecule has 25 heavy (non-hydrogen) atoms. The summed E-state index contributed by atoms with van der Waals surface area (Å²) in [7, 11) is 0. The third kappa shape index (κ3) is 4.45. The molecule has 0 bridgehead atoms. The molecule has 2 aromatic rings. The highest BCUT2D eigenvalue weighted by atomic mass is 16.5. The molecule has 0 aromatic heterocycles. The fraction of sp³-hybridized carbons (Fsp3) is 0.300. The average molecular weight is 337 g/mol. The van der Waals surface area contributed by atoms with Crippen LogP contribution in [0.5, 0.6) is 0 Å². The van der Waals surface area contributed by atoms with E-state index in [2.05, 4.69) is 29.2 Å². The summed E-state index contributed by atoms with van der Waals surface area (Å²) in [5, 5.41) is 7.20. The summed E-state index contributed by atoms with van der Waals surface area (Å²) in [6, 6.07) is 20.9. The van der Waals surface area contributed by atoms with Crippen molar-refractivity contribution in [3.63, 3.8) is 0 Å². The summed E-state index contributed by atoms with van der Waals surface area (Å²) >= 11 is 0. The van der Waals surface area contributed by atoms with E-state index in [9.17, 15) is 4.79 Å². The standard InChI is InChI=1S/C20H23N3O2/c21-18(22)13-19(24)25-17-11-12-23(14-17)20(15-7-3-1-4-8-15)16-9-5-2-6-10-16/h1-10,17,20H,11-14H2,(H3,21,22). The Morgan fingerprint density at radius 1 is 1.12 bits per heavy atom. The normalized spacial score (nSPS) is 17.6. The molecule has 1 aliphatic heterocycles. The van der Waals surface area contributed by atoms with E-state index in [1.54, 1.807) is 0 Å². The molecule has 2 aromatic carbocycles. The number of amidine groups is 1. The largest absolute Gasteiger partial charge is 0.461 e. The van der Waals surface area contributed by atoms with Crippen molar-refractivity contribution in [3.05, 3.63) is 71.8 Å². The Bertz CT molecular complexity index is 679. The Morgan fingerprint density at radius 3 is 2.20 bits per heavy atom. The maximum atomic E-state index is 11.8. The third-order valence-corrected chi connectivity index (χ3v) is 4.41. The summed E-state index contributed by atoms with van der Waals surface area (Å²) in [5.41, 5.74) is 7.72. The Labute approximate surface area is 147 Å². The van der Waals surface area contributed by atoms with Gasteiger partial charge in [0.1, 0.15) is 18.4 Å². The maximum absolute atomic E-state index is 11.8. The lowest BCUT2D eigenvalue weighted by atomic mass is 9.97. The minimum absolute atomic E-state index is 0.138. The number of likely N-dealkylation sites (tertiary alicyclic amines) is 1. The van der Waals surface area contributed by atoms with Gasteiger partial charge in [-0.2, -0.15) is 0 Å². The van der Waals surface area contributed by atoms with Crippen LogP contribution in [0, 0.1) is 5.41 Å². The number of nitrogens with one attached hydrogen (secondary N) is 1. The highest BCUT2D eigenvalue weighted by Gasteiger charge is 2.32. The van der Waals surface area contributed by atoms with Crippen LogP contribution in [0.4, 0.5) is 0 Å². The van der Waals surface area contributed by atoms with Gasteiger partial charge in [0.05, 0.1) is 6.04 Å². The molecule has 3 N–H and O–H groups in total. The van der Waals surface area contributed by atoms with Crippen LogP contribution in [0.3, 0.4) is 0 Å². The van der Waals surface area contributed by atoms with E-state index in [1.165, 1.54) is 11.1 Å². The van der Waals surface area contributed by atoms with Gasteiger partial charge in [-0.3, -0.25) is 15.1 Å². The Hall–Kier alpha value is -2.66. The van der Waals surface area contributed by atoms with Gasteiger partial charge in [-0.1, -0.05) is 60.7 Å². The number of hydrogen-bond acceptors (Lipinski definition) is 4. The van der Waals surface area contributed by atoms with Crippen molar-refractivity contribution in [3.8, 4) is 0 Å². The molecule has 1 fully saturated rings. The monoisotopic (exact) mass is 337 g/mol. The first-order valence-corrected chi connectivity index (χ1v) is 8.50. The molecule has 1 atom stereocenters. The molecule has 1 aliphatic rings. The molecular weight excluding hydrogens is 314 g/mol. The van der Waals surface area contributed by atoms with Crippen molar-refractivity contribution in [1.29, 1.82) is 5.41 Å². The second-order valence-electron chi connectivity index (χ2n) is 6.32. The predicted octanol–water partition coefficient (Wildman–Crippen LogP) is 2.72. The van der Waals surface area contributed by atoms with Gasteiger partial charge < -0.3 is 10.5 Å². The van der Waals surface area contributed by atoms with Gasteiger partial charge in [0.2, 0.25) is 0 Å². The zero-order chi connectivity index (χ0) is 17.6. The molecule has 0 aliphatic carbocycles. The molecular formula is C20H23N3O2. The van der Waals surface area contributed by atoms with E-state index < -0.39 is 5.97 Å². The van der Waals surface area contributed by atoms with Crippen LogP contribution in [0.25, 0.3) is 0 Å². The summed E-state index contributed by atoms with van der Waals surface area (Å²) in [4.78, 5) is 14.1. The lowest BCUT2D eigenvalue weighted by molar-refractivity contribution is -0.146. The zero-order valence-electron chi connectivity index (χ0n) is 14.1. The minimum atomic E-state index is -0.421. The van der Waals surface area contributed by atoms with Gasteiger partial charge >= 0.3 is 5.97 Å². The van der Waals surface area contributed by atoms with E-state index in [-0.39, 0.29) is 24.4 Å². The van der Waals surface area contributed by atoms with Crippen LogP contribution in [-0.4, -0.2) is 35.9 Å². The summed E-state index contributed by atoms with van der Waals surface area (Å²) in [6.07, 6.45) is 0.499. The van der Waals surface area contributed by atoms with E-state index in [0.29, 0.717) is 6.54 Å². The van der Waals surface area contributed by atoms with E-state index in [1.807, 2.05) is 36.4 Å². The van der Waals surface area contributed by atoms with Gasteiger partial charge in [0.25, 0.3) is 0 Å². The van der Waals surface area contributed by atoms with Gasteiger partial charge in [0.15, 0.2) is 0 Å². The molecule has 130 valence electrons. The van der Waals surface area contributed by atoms with Crippen molar-refractivity contribution in [2.24, 2.45) is 5.73 Å². The highest BCUT2D eigenvalue weighted by Crippen LogP contribution is 2.32. The quantitative estimate of drug-likeness (QED) is 0.482. The lowest BCUT2D eigenvalue weighted by Crippen LogP contribution is -2.30. The van der Waals surface area contributed by atoms with E-state index in [0.717, 1.165) is 13.0 Å². The van der Waals surface area contributed by atoms with Crippen LogP contribution in [0.1, 0.15) is 30.0 Å². The summed E-state index contributed by atoms with van der Waals surface area (Å²) in [6.45, 7) is 1.53. The number of benzene rings is 2. The van der Waals surface area contributed by atoms with Crippen molar-refractivity contribution < 1.29 is 9.53 Å². The lowest BCUT2D eigenvalue weighted by Gasteiger charge is -2.28. The van der Waals surface area contributed by atoms with Crippen molar-refractivity contribution >= 4 is 11.8 Å². The summed E-state index contributed by atoms with van der Waals surface area (Å²) < 4.78 is 5.47. The second kappa shape index (κ2) is 7.94. The number of nitrogens with zero attached hydrogens (tertiary/aromatic N) is 1. The van der Waals surface area contributed by atoms with Crippen LogP contribution in [0.15, 0.2) is 60.7 Å². The summed E-state index contributed by atoms with van der Waals surface area (Å²) in [5.74, 6) is -0.582. The number of carbonyl (C=O) groups excluding carboxylic acids is 1. The van der Waals surface area contributed by atoms with E-state index >= 15 is 0 Å². The van der Waals surface area contributed by atoms with Gasteiger partial charge in [-0.15, -0.1) is 0 Å². The Balaban J connectivity index is 1.75. The number of hydrogen-bond donors (Lipinski definition) is 2. The molecule has 1 unspecified atom stereocenters. The first-order chi connectivity index (χ1) is 12.1. The van der Waals surface area contributed by atoms with Crippen LogP contribution in [-0.2, 0) is 9.53 Å². The van der Waals surface area contributed by atoms with Gasteiger partial charge in [0, 0.05) is 13.1 Å². The van der Waals surface area contributed by atoms with E-state index in [4.69, 9.17) is 15.9 Å². The Morgan fingerprint density at radius 2 is 1.68 bits per heavy atom. The smallest absolute Gasteiger partial charge is 0.313 e. The van der Waals surface area contributed by atoms with Crippen molar-refractivity contribution in [1.82, 2.24) is 4.90 Å². The average Bonchev–Trinajstić information content (AvgIpc) is 3.04. The SMILES string of the molecule is N=C(N)CC(=O)OC1CCN(C(c2ccccc2)c2ccccc2)C1. The third-order valence-electron chi connectivity index (χ3n) is 4.41. The molecule has 0 amide bonds. The molecule has 0 spiro atoms.